The number of hydrogen-bond donors (Lipinski definition) is 5. The van der Waals surface area contributed by atoms with Crippen molar-refractivity contribution in [3.8, 4) is 11.8 Å². The van der Waals surface area contributed by atoms with Crippen molar-refractivity contribution >= 4 is 11.8 Å². The number of carbonyl (C=O) groups is 2. The number of carbonyl (C=O) groups excluding carboxylic acids is 2. The molecule has 0 radical (unpaired) electrons. The summed E-state index contributed by atoms with van der Waals surface area (Å²) in [6.07, 6.45) is -1.17. The molecule has 0 aliphatic heterocycles. The second-order valence-corrected chi connectivity index (χ2v) is 5.90. The molecule has 0 bridgehead atoms. The van der Waals surface area contributed by atoms with E-state index in [9.17, 15) is 14.7 Å². The molecule has 2 aromatic rings. The van der Waals surface area contributed by atoms with Crippen LogP contribution in [0.3, 0.4) is 0 Å². The molecular weight excluding hydrogens is 346 g/mol. The predicted octanol–water partition coefficient (Wildman–Crippen LogP) is 0.530. The molecule has 2 amide bonds. The van der Waals surface area contributed by atoms with Gasteiger partial charge < -0.3 is 16.2 Å². The van der Waals surface area contributed by atoms with Gasteiger partial charge in [0, 0.05) is 23.2 Å². The van der Waals surface area contributed by atoms with Gasteiger partial charge in [0.05, 0.1) is 6.10 Å². The van der Waals surface area contributed by atoms with Crippen LogP contribution in [0, 0.1) is 11.8 Å². The molecule has 0 aliphatic rings. The van der Waals surface area contributed by atoms with Crippen molar-refractivity contribution in [1.29, 1.82) is 0 Å². The van der Waals surface area contributed by atoms with Crippen LogP contribution in [-0.4, -0.2) is 34.3 Å². The summed E-state index contributed by atoms with van der Waals surface area (Å²) in [5, 5.41) is 20.6. The molecule has 0 saturated carbocycles. The topological polar surface area (TPSA) is 125 Å². The quantitative estimate of drug-likeness (QED) is 0.300. The SMILES string of the molecule is C[C@@H](O)[C@H](NC(=O)c1ccc(C#Cc2cccc(CN)c2)cc1)C(=O)NO. The molecule has 0 aliphatic carbocycles. The van der Waals surface area contributed by atoms with Crippen LogP contribution in [0.15, 0.2) is 48.5 Å². The molecular formula is C20H21N3O4. The standard InChI is InChI=1S/C20H21N3O4/c1-13(24)18(20(26)23-27)22-19(25)17-9-7-14(8-10-17)5-6-15-3-2-4-16(11-15)12-21/h2-4,7-11,13,18,24,27H,12,21H2,1H3,(H,22,25)(H,23,26)/t13-,18+/m1/s1. The van der Waals surface area contributed by atoms with Crippen LogP contribution in [0.25, 0.3) is 0 Å². The number of aliphatic hydroxyl groups is 1. The number of nitrogens with two attached hydrogens (primary N) is 1. The van der Waals surface area contributed by atoms with Gasteiger partial charge in [-0.2, -0.15) is 0 Å². The Labute approximate surface area is 157 Å². The van der Waals surface area contributed by atoms with Crippen LogP contribution in [-0.2, 0) is 11.3 Å². The molecule has 7 nitrogen and oxygen atoms in total. The van der Waals surface area contributed by atoms with Crippen LogP contribution < -0.4 is 16.5 Å². The minimum absolute atomic E-state index is 0.294. The van der Waals surface area contributed by atoms with Crippen molar-refractivity contribution in [2.75, 3.05) is 0 Å². The number of hydroxylamine groups is 1. The molecule has 0 fully saturated rings. The molecule has 0 aromatic heterocycles. The van der Waals surface area contributed by atoms with E-state index >= 15 is 0 Å². The lowest BCUT2D eigenvalue weighted by atomic mass is 10.1. The average molecular weight is 367 g/mol. The zero-order valence-corrected chi connectivity index (χ0v) is 14.8. The van der Waals surface area contributed by atoms with Gasteiger partial charge in [-0.15, -0.1) is 0 Å². The first-order valence-corrected chi connectivity index (χ1v) is 8.28. The summed E-state index contributed by atoms with van der Waals surface area (Å²) in [4.78, 5) is 23.7. The Morgan fingerprint density at radius 1 is 1.11 bits per heavy atom. The minimum atomic E-state index is -1.27. The molecule has 2 rings (SSSR count). The lowest BCUT2D eigenvalue weighted by Gasteiger charge is -2.19. The van der Waals surface area contributed by atoms with Crippen molar-refractivity contribution in [3.63, 3.8) is 0 Å². The Bertz CT molecular complexity index is 867. The van der Waals surface area contributed by atoms with Crippen LogP contribution in [0.1, 0.15) is 34.0 Å². The molecule has 140 valence electrons. The average Bonchev–Trinajstić information content (AvgIpc) is 2.70. The number of amides is 2. The first-order chi connectivity index (χ1) is 12.9. The lowest BCUT2D eigenvalue weighted by molar-refractivity contribution is -0.133. The van der Waals surface area contributed by atoms with Gasteiger partial charge in [0.2, 0.25) is 0 Å². The molecule has 2 aromatic carbocycles. The van der Waals surface area contributed by atoms with Crippen LogP contribution in [0.4, 0.5) is 0 Å². The summed E-state index contributed by atoms with van der Waals surface area (Å²) in [7, 11) is 0. The van der Waals surface area contributed by atoms with Crippen molar-refractivity contribution < 1.29 is 19.9 Å². The van der Waals surface area contributed by atoms with Crippen LogP contribution in [0.5, 0.6) is 0 Å². The number of rotatable bonds is 5. The van der Waals surface area contributed by atoms with Crippen molar-refractivity contribution in [2.24, 2.45) is 5.73 Å². The van der Waals surface area contributed by atoms with E-state index in [1.54, 1.807) is 24.3 Å². The molecule has 0 saturated heterocycles. The highest BCUT2D eigenvalue weighted by atomic mass is 16.5. The first kappa shape index (κ1) is 20.1. The van der Waals surface area contributed by atoms with E-state index in [0.29, 0.717) is 17.7 Å². The highest BCUT2D eigenvalue weighted by Crippen LogP contribution is 2.07. The Morgan fingerprint density at radius 3 is 2.37 bits per heavy atom. The maximum Gasteiger partial charge on any atom is 0.268 e. The third-order valence-electron chi connectivity index (χ3n) is 3.82. The molecule has 0 spiro atoms. The Balaban J connectivity index is 2.09. The molecule has 0 unspecified atom stereocenters. The fraction of sp³-hybridized carbons (Fsp3) is 0.200. The molecule has 2 atom stereocenters. The summed E-state index contributed by atoms with van der Waals surface area (Å²) in [5.74, 6) is 4.58. The first-order valence-electron chi connectivity index (χ1n) is 8.28. The highest BCUT2D eigenvalue weighted by molar-refractivity contribution is 5.97. The monoisotopic (exact) mass is 367 g/mol. The summed E-state index contributed by atoms with van der Waals surface area (Å²) >= 11 is 0. The zero-order chi connectivity index (χ0) is 19.8. The maximum atomic E-state index is 12.2. The fourth-order valence-electron chi connectivity index (χ4n) is 2.32. The Hall–Kier alpha value is -3.18. The minimum Gasteiger partial charge on any atom is -0.391 e. The van der Waals surface area contributed by atoms with E-state index < -0.39 is 24.0 Å². The molecule has 0 heterocycles. The van der Waals surface area contributed by atoms with E-state index in [1.165, 1.54) is 12.4 Å². The fourth-order valence-corrected chi connectivity index (χ4v) is 2.32. The maximum absolute atomic E-state index is 12.2. The van der Waals surface area contributed by atoms with Gasteiger partial charge in [0.15, 0.2) is 0 Å². The van der Waals surface area contributed by atoms with E-state index in [4.69, 9.17) is 10.9 Å². The Kier molecular flexibility index (Phi) is 7.08. The summed E-state index contributed by atoms with van der Waals surface area (Å²) in [6, 6.07) is 12.8. The normalized spacial score (nSPS) is 12.3. The lowest BCUT2D eigenvalue weighted by Crippen LogP contribution is -2.51. The van der Waals surface area contributed by atoms with Gasteiger partial charge in [0.1, 0.15) is 6.04 Å². The highest BCUT2D eigenvalue weighted by Gasteiger charge is 2.25. The number of hydrogen-bond acceptors (Lipinski definition) is 5. The van der Waals surface area contributed by atoms with Gasteiger partial charge in [-0.1, -0.05) is 24.0 Å². The third-order valence-corrected chi connectivity index (χ3v) is 3.82. The van der Waals surface area contributed by atoms with Crippen molar-refractivity contribution in [2.45, 2.75) is 25.6 Å². The summed E-state index contributed by atoms with van der Waals surface area (Å²) in [5.41, 5.74) is 9.87. The molecule has 27 heavy (non-hydrogen) atoms. The molecule has 7 heteroatoms. The number of benzene rings is 2. The number of aliphatic hydroxyl groups excluding tert-OH is 1. The van der Waals surface area contributed by atoms with Gasteiger partial charge in [0.25, 0.3) is 11.8 Å². The largest absolute Gasteiger partial charge is 0.391 e. The second kappa shape index (κ2) is 9.50. The van der Waals surface area contributed by atoms with E-state index in [1.807, 2.05) is 24.3 Å². The van der Waals surface area contributed by atoms with E-state index in [0.717, 1.165) is 11.1 Å². The summed E-state index contributed by atoms with van der Waals surface area (Å²) in [6.45, 7) is 1.78. The zero-order valence-electron chi connectivity index (χ0n) is 14.8. The van der Waals surface area contributed by atoms with Crippen molar-refractivity contribution in [3.05, 3.63) is 70.8 Å². The third kappa shape index (κ3) is 5.66. The van der Waals surface area contributed by atoms with Gasteiger partial charge in [-0.3, -0.25) is 14.8 Å². The smallest absolute Gasteiger partial charge is 0.268 e. The van der Waals surface area contributed by atoms with Gasteiger partial charge in [-0.05, 0) is 48.9 Å². The number of nitrogens with one attached hydrogen (secondary N) is 2. The Morgan fingerprint density at radius 2 is 1.78 bits per heavy atom. The molecule has 6 N–H and O–H groups in total. The van der Waals surface area contributed by atoms with Gasteiger partial charge >= 0.3 is 0 Å². The second-order valence-electron chi connectivity index (χ2n) is 5.90. The van der Waals surface area contributed by atoms with Crippen LogP contribution in [0.2, 0.25) is 0 Å². The van der Waals surface area contributed by atoms with E-state index in [-0.39, 0.29) is 0 Å². The van der Waals surface area contributed by atoms with Crippen molar-refractivity contribution in [1.82, 2.24) is 10.8 Å². The van der Waals surface area contributed by atoms with Crippen LogP contribution >= 0.6 is 0 Å². The summed E-state index contributed by atoms with van der Waals surface area (Å²) < 4.78 is 0. The predicted molar refractivity (Wildman–Crippen MR) is 99.6 cm³/mol. The van der Waals surface area contributed by atoms with E-state index in [2.05, 4.69) is 17.2 Å². The van der Waals surface area contributed by atoms with Gasteiger partial charge in [-0.25, -0.2) is 5.48 Å².